The molecule has 5 aliphatic rings. The summed E-state index contributed by atoms with van der Waals surface area (Å²) >= 11 is 0. The molecule has 1 amide bonds. The minimum Gasteiger partial charge on any atom is -0.475 e. The lowest BCUT2D eigenvalue weighted by atomic mass is 9.89. The summed E-state index contributed by atoms with van der Waals surface area (Å²) in [5.74, 6) is -5.48. The number of carbonyl (C=O) groups is 2. The van der Waals surface area contributed by atoms with Gasteiger partial charge in [-0.15, -0.1) is 5.10 Å². The van der Waals surface area contributed by atoms with Crippen molar-refractivity contribution in [2.45, 2.75) is 68.8 Å². The number of ether oxygens (including phenoxy) is 1. The van der Waals surface area contributed by atoms with E-state index in [2.05, 4.69) is 58.7 Å². The minimum absolute atomic E-state index is 0.0148. The summed E-state index contributed by atoms with van der Waals surface area (Å²) in [5, 5.41) is 21.8. The van der Waals surface area contributed by atoms with Crippen LogP contribution in [0.25, 0.3) is 5.65 Å². The van der Waals surface area contributed by atoms with Gasteiger partial charge in [0.2, 0.25) is 0 Å². The first-order valence-electron chi connectivity index (χ1n) is 19.7. The van der Waals surface area contributed by atoms with Crippen LogP contribution in [0.2, 0.25) is 0 Å². The second-order valence-corrected chi connectivity index (χ2v) is 15.4. The molecule has 0 unspecified atom stereocenters. The van der Waals surface area contributed by atoms with E-state index in [1.165, 1.54) is 11.3 Å². The number of imidazole rings is 1. The summed E-state index contributed by atoms with van der Waals surface area (Å²) < 4.78 is 69.7. The predicted octanol–water partition coefficient (Wildman–Crippen LogP) is 3.84. The molecule has 14 nitrogen and oxygen atoms in total. The maximum absolute atomic E-state index is 15.4. The number of aliphatic carboxylic acids is 1. The maximum atomic E-state index is 15.4. The molecule has 19 heteroatoms. The molecule has 6 heterocycles. The van der Waals surface area contributed by atoms with Crippen molar-refractivity contribution in [2.24, 2.45) is 5.92 Å². The molecule has 2 aromatic heterocycles. The molecule has 0 bridgehead atoms. The number of carbonyl (C=O) groups excluding carboxylic acids is 1. The lowest BCUT2D eigenvalue weighted by molar-refractivity contribution is -0.192. The third-order valence-corrected chi connectivity index (χ3v) is 12.1. The van der Waals surface area contributed by atoms with Crippen molar-refractivity contribution in [1.29, 1.82) is 0 Å². The van der Waals surface area contributed by atoms with E-state index >= 15 is 8.78 Å². The molecule has 1 aliphatic carbocycles. The van der Waals surface area contributed by atoms with Crippen LogP contribution in [-0.4, -0.2) is 151 Å². The number of anilines is 4. The molecule has 57 heavy (non-hydrogen) atoms. The van der Waals surface area contributed by atoms with E-state index in [0.29, 0.717) is 24.3 Å². The van der Waals surface area contributed by atoms with Crippen molar-refractivity contribution in [3.05, 3.63) is 41.7 Å². The Hall–Kier alpha value is -4.33. The van der Waals surface area contributed by atoms with Gasteiger partial charge >= 0.3 is 12.1 Å². The third-order valence-electron chi connectivity index (χ3n) is 12.1. The van der Waals surface area contributed by atoms with Gasteiger partial charge in [0.25, 0.3) is 11.8 Å². The largest absolute Gasteiger partial charge is 0.490 e. The maximum Gasteiger partial charge on any atom is 0.490 e. The zero-order valence-corrected chi connectivity index (χ0v) is 32.2. The van der Waals surface area contributed by atoms with Crippen LogP contribution in [0.15, 0.2) is 30.5 Å². The van der Waals surface area contributed by atoms with E-state index < -0.39 is 24.0 Å². The zero-order valence-electron chi connectivity index (χ0n) is 32.2. The third kappa shape index (κ3) is 8.75. The molecule has 0 radical (unpaired) electrons. The van der Waals surface area contributed by atoms with Gasteiger partial charge in [0.1, 0.15) is 0 Å². The molecule has 3 aromatic rings. The van der Waals surface area contributed by atoms with Crippen LogP contribution in [-0.2, 0) is 16.0 Å². The Morgan fingerprint density at radius 1 is 1.02 bits per heavy atom. The Labute approximate surface area is 327 Å². The Kier molecular flexibility index (Phi) is 12.1. The fourth-order valence-corrected chi connectivity index (χ4v) is 8.74. The summed E-state index contributed by atoms with van der Waals surface area (Å²) in [6, 6.07) is 8.67. The number of alkyl halides is 5. The van der Waals surface area contributed by atoms with Crippen molar-refractivity contribution < 1.29 is 41.4 Å². The summed E-state index contributed by atoms with van der Waals surface area (Å²) in [6.07, 6.45) is 1.71. The number of piperazine rings is 1. The average Bonchev–Trinajstić information content (AvgIpc) is 3.82. The first-order valence-corrected chi connectivity index (χ1v) is 19.7. The number of hydrogen-bond donors (Lipinski definition) is 4. The van der Waals surface area contributed by atoms with Crippen LogP contribution in [0.4, 0.5) is 44.8 Å². The van der Waals surface area contributed by atoms with Gasteiger partial charge in [-0.1, -0.05) is 6.07 Å². The van der Waals surface area contributed by atoms with Crippen molar-refractivity contribution in [3.8, 4) is 0 Å². The van der Waals surface area contributed by atoms with E-state index in [1.54, 1.807) is 17.8 Å². The number of carboxylic acids is 1. The lowest BCUT2D eigenvalue weighted by Crippen LogP contribution is -2.57. The molecule has 4 N–H and O–H groups in total. The molecule has 1 saturated carbocycles. The molecule has 3 atom stereocenters. The first kappa shape index (κ1) is 40.9. The highest BCUT2D eigenvalue weighted by atomic mass is 19.4. The van der Waals surface area contributed by atoms with Crippen LogP contribution in [0, 0.1) is 5.92 Å². The summed E-state index contributed by atoms with van der Waals surface area (Å²) in [4.78, 5) is 35.7. The number of methoxy groups -OCH3 is 1. The predicted molar refractivity (Wildman–Crippen MR) is 204 cm³/mol. The highest BCUT2D eigenvalue weighted by molar-refractivity contribution is 5.94. The zero-order chi connectivity index (χ0) is 40.5. The molecule has 8 rings (SSSR count). The number of halogens is 5. The molecular formula is C38H51F5N10O4. The number of aromatic nitrogens is 3. The van der Waals surface area contributed by atoms with Crippen molar-refractivity contribution in [3.63, 3.8) is 0 Å². The van der Waals surface area contributed by atoms with Gasteiger partial charge in [0.15, 0.2) is 17.2 Å². The van der Waals surface area contributed by atoms with E-state index in [4.69, 9.17) is 19.7 Å². The Bertz CT molecular complexity index is 1900. The fraction of sp³-hybridized carbons (Fsp3) is 0.632. The van der Waals surface area contributed by atoms with Crippen LogP contribution in [0.3, 0.4) is 0 Å². The summed E-state index contributed by atoms with van der Waals surface area (Å²) in [6.45, 7) is 6.92. The Balaban J connectivity index is 0.000000651. The number of likely N-dealkylation sites (tertiary alicyclic amines) is 1. The SMILES string of the molecule is CNc1cc(N2CCc3c(N4CCN(C[C@H]5CCN(C6CCNCC6)CC5(F)F)CC4)cccc32)nn2c(C(=O)N[C@@H]3CC[C@H]3OC)cnc12.O=C(O)C(F)(F)F. The number of amides is 1. The van der Waals surface area contributed by atoms with Crippen LogP contribution in [0.1, 0.15) is 48.2 Å². The Morgan fingerprint density at radius 3 is 2.37 bits per heavy atom. The molecule has 4 aliphatic heterocycles. The number of fused-ring (bicyclic) bond motifs is 2. The smallest absolute Gasteiger partial charge is 0.475 e. The minimum atomic E-state index is -5.08. The first-order chi connectivity index (χ1) is 27.3. The average molecular weight is 807 g/mol. The number of piperidine rings is 2. The topological polar surface area (TPSA) is 143 Å². The van der Waals surface area contributed by atoms with Crippen LogP contribution < -0.4 is 25.8 Å². The van der Waals surface area contributed by atoms with Gasteiger partial charge in [-0.05, 0) is 70.3 Å². The molecular weight excluding hydrogens is 755 g/mol. The van der Waals surface area contributed by atoms with E-state index in [9.17, 15) is 18.0 Å². The molecule has 3 saturated heterocycles. The molecule has 4 fully saturated rings. The van der Waals surface area contributed by atoms with E-state index in [0.717, 1.165) is 102 Å². The lowest BCUT2D eigenvalue weighted by Gasteiger charge is -2.45. The van der Waals surface area contributed by atoms with Gasteiger partial charge in [0, 0.05) is 88.4 Å². The number of rotatable bonds is 9. The summed E-state index contributed by atoms with van der Waals surface area (Å²) in [5.41, 5.74) is 5.34. The number of nitrogens with zero attached hydrogens (tertiary/aromatic N) is 7. The van der Waals surface area contributed by atoms with Gasteiger partial charge in [-0.3, -0.25) is 14.6 Å². The van der Waals surface area contributed by atoms with Gasteiger partial charge in [-0.2, -0.15) is 13.2 Å². The monoisotopic (exact) mass is 806 g/mol. The number of hydrogen-bond acceptors (Lipinski definition) is 11. The van der Waals surface area contributed by atoms with Crippen LogP contribution in [0.5, 0.6) is 0 Å². The molecule has 312 valence electrons. The van der Waals surface area contributed by atoms with Crippen molar-refractivity contribution in [1.82, 2.24) is 35.0 Å². The normalized spacial score (nSPS) is 24.4. The highest BCUT2D eigenvalue weighted by Crippen LogP contribution is 2.41. The Morgan fingerprint density at radius 2 is 1.74 bits per heavy atom. The quantitative estimate of drug-likeness (QED) is 0.234. The standard InChI is InChI=1S/C36H50F2N10O2.C2HF3O2/c1-39-28-20-33(43-48-31(21-41-34(28)48)35(49)42-27-6-7-32(27)50-2)47-15-11-26-29(4-3-5-30(26)47)45-18-16-44(17-19-45)22-24-10-14-46(23-36(24,37)38)25-8-12-40-13-9-25;3-2(4,5)1(6)7/h3-5,20-21,24-25,27,32,39-40H,6-19,22-23H2,1-2H3,(H,42,49);(H,6,7)/t24-,27-,32-;/m1./s1. The van der Waals surface area contributed by atoms with Crippen molar-refractivity contribution >= 4 is 40.4 Å². The molecule has 1 aromatic carbocycles. The number of benzene rings is 1. The second-order valence-electron chi connectivity index (χ2n) is 15.4. The highest BCUT2D eigenvalue weighted by Gasteiger charge is 2.47. The van der Waals surface area contributed by atoms with Gasteiger partial charge in [0.05, 0.1) is 30.6 Å². The van der Waals surface area contributed by atoms with Gasteiger partial charge < -0.3 is 35.6 Å². The summed E-state index contributed by atoms with van der Waals surface area (Å²) in [7, 11) is 3.52. The molecule has 0 spiro atoms. The second kappa shape index (κ2) is 16.9. The fourth-order valence-electron chi connectivity index (χ4n) is 8.74. The number of nitrogens with one attached hydrogen (secondary N) is 3. The van der Waals surface area contributed by atoms with E-state index in [1.807, 2.05) is 13.1 Å². The van der Waals surface area contributed by atoms with E-state index in [-0.39, 0.29) is 30.6 Å². The number of carboxylic acid groups (broad SMARTS) is 1. The van der Waals surface area contributed by atoms with Gasteiger partial charge in [-0.25, -0.2) is 23.1 Å². The van der Waals surface area contributed by atoms with Crippen molar-refractivity contribution in [2.75, 3.05) is 94.7 Å². The van der Waals surface area contributed by atoms with Crippen LogP contribution >= 0.6 is 0 Å².